The molecule has 0 saturated heterocycles. The first kappa shape index (κ1) is 16.0. The molecule has 5 nitrogen and oxygen atoms in total. The molecule has 2 N–H and O–H groups in total. The summed E-state index contributed by atoms with van der Waals surface area (Å²) in [6.07, 6.45) is 5.19. The smallest absolute Gasteiger partial charge is 0.234 e. The molecule has 1 aliphatic rings. The predicted octanol–water partition coefficient (Wildman–Crippen LogP) is 2.74. The lowest BCUT2D eigenvalue weighted by Gasteiger charge is -2.21. The zero-order chi connectivity index (χ0) is 15.8. The van der Waals surface area contributed by atoms with Crippen LogP contribution in [0.1, 0.15) is 44.1 Å². The van der Waals surface area contributed by atoms with Crippen LogP contribution >= 0.6 is 0 Å². The SMILES string of the molecule is N#CCC(=O)NCc1ccccc1NC(=O)C1CCCCC1. The molecule has 2 rings (SSSR count). The van der Waals surface area contributed by atoms with Crippen molar-refractivity contribution in [2.24, 2.45) is 5.92 Å². The Morgan fingerprint density at radius 3 is 2.64 bits per heavy atom. The molecule has 1 fully saturated rings. The molecule has 0 radical (unpaired) electrons. The summed E-state index contributed by atoms with van der Waals surface area (Å²) >= 11 is 0. The second kappa shape index (κ2) is 8.18. The lowest BCUT2D eigenvalue weighted by atomic mass is 9.88. The minimum absolute atomic E-state index is 0.0653. The number of carbonyl (C=O) groups is 2. The largest absolute Gasteiger partial charge is 0.351 e. The molecule has 0 unspecified atom stereocenters. The zero-order valence-corrected chi connectivity index (χ0v) is 12.6. The lowest BCUT2D eigenvalue weighted by molar-refractivity contribution is -0.121. The quantitative estimate of drug-likeness (QED) is 0.877. The van der Waals surface area contributed by atoms with Gasteiger partial charge in [0.2, 0.25) is 11.8 Å². The third-order valence-electron chi connectivity index (χ3n) is 3.97. The molecule has 2 amide bonds. The van der Waals surface area contributed by atoms with E-state index in [0.717, 1.165) is 36.9 Å². The van der Waals surface area contributed by atoms with Crippen LogP contribution in [0.15, 0.2) is 24.3 Å². The van der Waals surface area contributed by atoms with Crippen LogP contribution in [0.4, 0.5) is 5.69 Å². The average molecular weight is 299 g/mol. The maximum absolute atomic E-state index is 12.3. The second-order valence-electron chi connectivity index (χ2n) is 5.59. The molecule has 0 heterocycles. The van der Waals surface area contributed by atoms with E-state index in [0.29, 0.717) is 6.54 Å². The molecule has 0 aromatic heterocycles. The van der Waals surface area contributed by atoms with Crippen molar-refractivity contribution >= 4 is 17.5 Å². The molecular weight excluding hydrogens is 278 g/mol. The van der Waals surface area contributed by atoms with Crippen LogP contribution in [-0.4, -0.2) is 11.8 Å². The molecule has 0 aliphatic heterocycles. The van der Waals surface area contributed by atoms with Crippen molar-refractivity contribution in [3.8, 4) is 6.07 Å². The summed E-state index contributed by atoms with van der Waals surface area (Å²) in [6, 6.07) is 9.24. The molecule has 1 aromatic rings. The molecule has 5 heteroatoms. The van der Waals surface area contributed by atoms with Gasteiger partial charge in [0.05, 0.1) is 6.07 Å². The van der Waals surface area contributed by atoms with E-state index in [1.807, 2.05) is 30.3 Å². The monoisotopic (exact) mass is 299 g/mol. The number of hydrogen-bond acceptors (Lipinski definition) is 3. The van der Waals surface area contributed by atoms with Gasteiger partial charge in [0.1, 0.15) is 6.42 Å². The summed E-state index contributed by atoms with van der Waals surface area (Å²) in [7, 11) is 0. The standard InChI is InChI=1S/C17H21N3O2/c18-11-10-16(21)19-12-14-8-4-5-9-15(14)20-17(22)13-6-2-1-3-7-13/h4-5,8-9,13H,1-3,6-7,10,12H2,(H,19,21)(H,20,22). The van der Waals surface area contributed by atoms with Crippen LogP contribution in [-0.2, 0) is 16.1 Å². The van der Waals surface area contributed by atoms with Gasteiger partial charge in [-0.15, -0.1) is 0 Å². The molecule has 0 atom stereocenters. The second-order valence-corrected chi connectivity index (χ2v) is 5.59. The van der Waals surface area contributed by atoms with Crippen molar-refractivity contribution in [1.29, 1.82) is 5.26 Å². The van der Waals surface area contributed by atoms with E-state index >= 15 is 0 Å². The maximum atomic E-state index is 12.3. The number of nitrogens with zero attached hydrogens (tertiary/aromatic N) is 1. The van der Waals surface area contributed by atoms with Crippen LogP contribution in [0, 0.1) is 17.2 Å². The highest BCUT2D eigenvalue weighted by Crippen LogP contribution is 2.25. The van der Waals surface area contributed by atoms with Crippen molar-refractivity contribution in [1.82, 2.24) is 5.32 Å². The normalized spacial score (nSPS) is 14.9. The number of nitriles is 1. The first-order chi connectivity index (χ1) is 10.7. The van der Waals surface area contributed by atoms with Gasteiger partial charge < -0.3 is 10.6 Å². The number of anilines is 1. The number of hydrogen-bond donors (Lipinski definition) is 2. The number of benzene rings is 1. The number of rotatable bonds is 5. The number of nitrogens with one attached hydrogen (secondary N) is 2. The van der Waals surface area contributed by atoms with E-state index in [2.05, 4.69) is 10.6 Å². The summed E-state index contributed by atoms with van der Waals surface area (Å²) in [6.45, 7) is 0.307. The fraction of sp³-hybridized carbons (Fsp3) is 0.471. The first-order valence-electron chi connectivity index (χ1n) is 7.73. The maximum Gasteiger partial charge on any atom is 0.234 e. The van der Waals surface area contributed by atoms with Crippen LogP contribution in [0.5, 0.6) is 0 Å². The van der Waals surface area contributed by atoms with Crippen molar-refractivity contribution in [3.63, 3.8) is 0 Å². The van der Waals surface area contributed by atoms with Gasteiger partial charge in [-0.2, -0.15) is 5.26 Å². The third-order valence-corrected chi connectivity index (χ3v) is 3.97. The average Bonchev–Trinajstić information content (AvgIpc) is 2.55. The summed E-state index contributed by atoms with van der Waals surface area (Å²) in [4.78, 5) is 23.7. The Balaban J connectivity index is 1.97. The summed E-state index contributed by atoms with van der Waals surface area (Å²) < 4.78 is 0. The Bertz CT molecular complexity index is 572. The summed E-state index contributed by atoms with van der Waals surface area (Å²) in [5, 5.41) is 14.1. The van der Waals surface area contributed by atoms with Gasteiger partial charge in [-0.25, -0.2) is 0 Å². The highest BCUT2D eigenvalue weighted by Gasteiger charge is 2.21. The fourth-order valence-electron chi connectivity index (χ4n) is 2.72. The van der Waals surface area contributed by atoms with Crippen molar-refractivity contribution < 1.29 is 9.59 Å². The van der Waals surface area contributed by atoms with E-state index in [1.54, 1.807) is 0 Å². The van der Waals surface area contributed by atoms with E-state index in [-0.39, 0.29) is 24.2 Å². The Morgan fingerprint density at radius 2 is 1.91 bits per heavy atom. The van der Waals surface area contributed by atoms with Gasteiger partial charge in [-0.1, -0.05) is 37.5 Å². The minimum atomic E-state index is -0.309. The summed E-state index contributed by atoms with van der Waals surface area (Å²) in [5.41, 5.74) is 1.58. The van der Waals surface area contributed by atoms with E-state index in [9.17, 15) is 9.59 Å². The van der Waals surface area contributed by atoms with E-state index < -0.39 is 0 Å². The predicted molar refractivity (Wildman–Crippen MR) is 83.7 cm³/mol. The molecule has 0 spiro atoms. The van der Waals surface area contributed by atoms with Gasteiger partial charge in [-0.05, 0) is 24.5 Å². The fourth-order valence-corrected chi connectivity index (χ4v) is 2.72. The van der Waals surface area contributed by atoms with Crippen molar-refractivity contribution in [2.75, 3.05) is 5.32 Å². The molecule has 1 aromatic carbocycles. The molecule has 22 heavy (non-hydrogen) atoms. The van der Waals surface area contributed by atoms with Crippen molar-refractivity contribution in [2.45, 2.75) is 45.1 Å². The van der Waals surface area contributed by atoms with E-state index in [4.69, 9.17) is 5.26 Å². The van der Waals surface area contributed by atoms with Gasteiger partial charge >= 0.3 is 0 Å². The van der Waals surface area contributed by atoms with E-state index in [1.165, 1.54) is 6.42 Å². The Hall–Kier alpha value is -2.35. The lowest BCUT2D eigenvalue weighted by Crippen LogP contribution is -2.26. The third kappa shape index (κ3) is 4.59. The summed E-state index contributed by atoms with van der Waals surface area (Å²) in [5.74, 6) is -0.151. The molecular formula is C17H21N3O2. The van der Waals surface area contributed by atoms with Gasteiger partial charge in [-0.3, -0.25) is 9.59 Å². The van der Waals surface area contributed by atoms with Crippen LogP contribution in [0.3, 0.4) is 0 Å². The Morgan fingerprint density at radius 1 is 1.18 bits per heavy atom. The highest BCUT2D eigenvalue weighted by atomic mass is 16.2. The Kier molecular flexibility index (Phi) is 5.96. The van der Waals surface area contributed by atoms with Crippen LogP contribution in [0.25, 0.3) is 0 Å². The van der Waals surface area contributed by atoms with Gasteiger partial charge in [0, 0.05) is 18.2 Å². The topological polar surface area (TPSA) is 82.0 Å². The Labute approximate surface area is 130 Å². The van der Waals surface area contributed by atoms with Crippen LogP contribution in [0.2, 0.25) is 0 Å². The van der Waals surface area contributed by atoms with Crippen molar-refractivity contribution in [3.05, 3.63) is 29.8 Å². The zero-order valence-electron chi connectivity index (χ0n) is 12.6. The van der Waals surface area contributed by atoms with Gasteiger partial charge in [0.25, 0.3) is 0 Å². The van der Waals surface area contributed by atoms with Gasteiger partial charge in [0.15, 0.2) is 0 Å². The number of amides is 2. The van der Waals surface area contributed by atoms with Crippen LogP contribution < -0.4 is 10.6 Å². The highest BCUT2D eigenvalue weighted by molar-refractivity contribution is 5.93. The first-order valence-corrected chi connectivity index (χ1v) is 7.73. The minimum Gasteiger partial charge on any atom is -0.351 e. The number of carbonyl (C=O) groups excluding carboxylic acids is 2. The molecule has 0 bridgehead atoms. The molecule has 1 aliphatic carbocycles. The molecule has 116 valence electrons. The number of para-hydroxylation sites is 1. The molecule has 1 saturated carbocycles.